The molecule has 6 heteroatoms. The molecular weight excluding hydrogens is 326 g/mol. The summed E-state index contributed by atoms with van der Waals surface area (Å²) in [5, 5.41) is 6.73. The van der Waals surface area contributed by atoms with E-state index in [1.807, 2.05) is 18.2 Å². The van der Waals surface area contributed by atoms with Crippen LogP contribution in [0.4, 0.5) is 0 Å². The van der Waals surface area contributed by atoms with E-state index in [1.165, 1.54) is 19.3 Å². The Hall–Kier alpha value is -2.11. The Kier molecular flexibility index (Phi) is 11.1. The minimum absolute atomic E-state index is 0.00569. The number of carbonyl (C=O) groups is 1. The largest absolute Gasteiger partial charge is 0.356 e. The molecule has 2 N–H and O–H groups in total. The normalized spacial score (nSPS) is 12.5. The molecule has 1 amide bonds. The lowest BCUT2D eigenvalue weighted by Gasteiger charge is -2.18. The van der Waals surface area contributed by atoms with Gasteiger partial charge in [-0.3, -0.25) is 9.78 Å². The minimum atomic E-state index is -0.00569. The molecule has 1 rings (SSSR count). The lowest BCUT2D eigenvalue weighted by Crippen LogP contribution is -2.41. The first-order valence-corrected chi connectivity index (χ1v) is 9.69. The predicted molar refractivity (Wildman–Crippen MR) is 108 cm³/mol. The average Bonchev–Trinajstić information content (AvgIpc) is 2.66. The van der Waals surface area contributed by atoms with Gasteiger partial charge in [0.25, 0.3) is 0 Å². The summed E-state index contributed by atoms with van der Waals surface area (Å²) in [6.07, 6.45) is 7.45. The smallest absolute Gasteiger partial charge is 0.243 e. The van der Waals surface area contributed by atoms with Crippen molar-refractivity contribution in [1.29, 1.82) is 0 Å². The number of guanidine groups is 1. The van der Waals surface area contributed by atoms with Gasteiger partial charge in [0.1, 0.15) is 6.54 Å². The lowest BCUT2D eigenvalue weighted by molar-refractivity contribution is -0.127. The van der Waals surface area contributed by atoms with Crippen molar-refractivity contribution >= 4 is 11.9 Å². The third-order valence-corrected chi connectivity index (χ3v) is 4.37. The Morgan fingerprint density at radius 3 is 2.69 bits per heavy atom. The van der Waals surface area contributed by atoms with E-state index in [2.05, 4.69) is 34.5 Å². The number of carbonyl (C=O) groups excluding carboxylic acids is 1. The molecule has 1 atom stereocenters. The molecule has 0 saturated heterocycles. The van der Waals surface area contributed by atoms with E-state index in [0.29, 0.717) is 11.9 Å². The predicted octanol–water partition coefficient (Wildman–Crippen LogP) is 2.46. The second-order valence-electron chi connectivity index (χ2n) is 6.75. The first-order chi connectivity index (χ1) is 12.6. The summed E-state index contributed by atoms with van der Waals surface area (Å²) in [5.41, 5.74) is 1.04. The first-order valence-electron chi connectivity index (χ1n) is 9.69. The lowest BCUT2D eigenvalue weighted by atomic mass is 9.99. The number of aromatic nitrogens is 1. The molecule has 146 valence electrons. The van der Waals surface area contributed by atoms with Crippen molar-refractivity contribution < 1.29 is 4.79 Å². The number of unbranched alkanes of at least 4 members (excludes halogenated alkanes) is 1. The standard InChI is InChI=1S/C20H35N5O/c1-5-7-10-17(6-2)15-23-20(24-16-19(26)25(3)4)22-14-12-18-11-8-9-13-21-18/h8-9,11,13,17H,5-7,10,12,14-16H2,1-4H3,(H2,22,23,24). The molecule has 0 aromatic carbocycles. The maximum Gasteiger partial charge on any atom is 0.243 e. The molecule has 0 spiro atoms. The van der Waals surface area contributed by atoms with Gasteiger partial charge in [0.15, 0.2) is 5.96 Å². The summed E-state index contributed by atoms with van der Waals surface area (Å²) in [4.78, 5) is 22.2. The summed E-state index contributed by atoms with van der Waals surface area (Å²) in [7, 11) is 3.49. The number of aliphatic imine (C=N–C) groups is 1. The van der Waals surface area contributed by atoms with Gasteiger partial charge in [-0.1, -0.05) is 39.2 Å². The molecule has 1 aromatic heterocycles. The van der Waals surface area contributed by atoms with E-state index >= 15 is 0 Å². The summed E-state index contributed by atoms with van der Waals surface area (Å²) in [6.45, 7) is 6.20. The Morgan fingerprint density at radius 2 is 2.08 bits per heavy atom. The van der Waals surface area contributed by atoms with E-state index < -0.39 is 0 Å². The Balaban J connectivity index is 2.56. The Bertz CT molecular complexity index is 530. The number of rotatable bonds is 11. The van der Waals surface area contributed by atoms with Gasteiger partial charge in [-0.25, -0.2) is 4.99 Å². The van der Waals surface area contributed by atoms with E-state index in [0.717, 1.165) is 31.6 Å². The van der Waals surface area contributed by atoms with E-state index in [4.69, 9.17) is 0 Å². The van der Waals surface area contributed by atoms with Crippen molar-refractivity contribution in [3.63, 3.8) is 0 Å². The van der Waals surface area contributed by atoms with Crippen molar-refractivity contribution in [2.45, 2.75) is 46.0 Å². The molecule has 0 bridgehead atoms. The fourth-order valence-electron chi connectivity index (χ4n) is 2.50. The molecule has 1 aromatic rings. The number of amides is 1. The van der Waals surface area contributed by atoms with Gasteiger partial charge >= 0.3 is 0 Å². The number of nitrogens with zero attached hydrogens (tertiary/aromatic N) is 3. The monoisotopic (exact) mass is 361 g/mol. The van der Waals surface area contributed by atoms with Crippen molar-refractivity contribution in [2.75, 3.05) is 33.7 Å². The second-order valence-corrected chi connectivity index (χ2v) is 6.75. The maximum atomic E-state index is 11.8. The van der Waals surface area contributed by atoms with Crippen LogP contribution in [0.2, 0.25) is 0 Å². The topological polar surface area (TPSA) is 69.6 Å². The highest BCUT2D eigenvalue weighted by Gasteiger charge is 2.09. The Labute approximate surface area is 158 Å². The molecule has 0 aliphatic carbocycles. The van der Waals surface area contributed by atoms with Crippen LogP contribution in [-0.2, 0) is 11.2 Å². The van der Waals surface area contributed by atoms with Crippen molar-refractivity contribution in [2.24, 2.45) is 10.9 Å². The van der Waals surface area contributed by atoms with Crippen LogP contribution in [0.5, 0.6) is 0 Å². The van der Waals surface area contributed by atoms with Crippen LogP contribution in [0.15, 0.2) is 29.4 Å². The van der Waals surface area contributed by atoms with Crippen molar-refractivity contribution in [3.05, 3.63) is 30.1 Å². The summed E-state index contributed by atoms with van der Waals surface area (Å²) >= 11 is 0. The number of hydrogen-bond donors (Lipinski definition) is 2. The molecule has 26 heavy (non-hydrogen) atoms. The van der Waals surface area contributed by atoms with Crippen molar-refractivity contribution in [1.82, 2.24) is 20.5 Å². The highest BCUT2D eigenvalue weighted by molar-refractivity contribution is 5.84. The average molecular weight is 362 g/mol. The molecule has 0 saturated carbocycles. The number of nitrogens with one attached hydrogen (secondary N) is 2. The molecule has 6 nitrogen and oxygen atoms in total. The molecule has 0 radical (unpaired) electrons. The molecular formula is C20H35N5O. The second kappa shape index (κ2) is 13.1. The molecule has 1 unspecified atom stereocenters. The van der Waals surface area contributed by atoms with E-state index in [-0.39, 0.29) is 12.5 Å². The van der Waals surface area contributed by atoms with Gasteiger partial charge in [-0.05, 0) is 24.5 Å². The van der Waals surface area contributed by atoms with Crippen LogP contribution < -0.4 is 10.6 Å². The molecule has 0 fully saturated rings. The van der Waals surface area contributed by atoms with Crippen LogP contribution in [0.1, 0.15) is 45.2 Å². The number of hydrogen-bond acceptors (Lipinski definition) is 3. The quantitative estimate of drug-likeness (QED) is 0.469. The SMILES string of the molecule is CCCCC(CC)CNC(=NCC(=O)N(C)C)NCCc1ccccn1. The van der Waals surface area contributed by atoms with Crippen LogP contribution in [0, 0.1) is 5.92 Å². The third-order valence-electron chi connectivity index (χ3n) is 4.37. The highest BCUT2D eigenvalue weighted by Crippen LogP contribution is 2.11. The molecule has 0 aliphatic heterocycles. The summed E-state index contributed by atoms with van der Waals surface area (Å²) < 4.78 is 0. The van der Waals surface area contributed by atoms with E-state index in [1.54, 1.807) is 25.2 Å². The van der Waals surface area contributed by atoms with Crippen LogP contribution >= 0.6 is 0 Å². The maximum absolute atomic E-state index is 11.8. The van der Waals surface area contributed by atoms with Gasteiger partial charge in [0, 0.05) is 45.5 Å². The van der Waals surface area contributed by atoms with Gasteiger partial charge in [-0.15, -0.1) is 0 Å². The number of likely N-dealkylation sites (N-methyl/N-ethyl adjacent to an activating group) is 1. The zero-order chi connectivity index (χ0) is 19.2. The van der Waals surface area contributed by atoms with Crippen LogP contribution in [0.3, 0.4) is 0 Å². The van der Waals surface area contributed by atoms with Gasteiger partial charge in [0.2, 0.25) is 5.91 Å². The first kappa shape index (κ1) is 21.9. The fourth-order valence-corrected chi connectivity index (χ4v) is 2.50. The van der Waals surface area contributed by atoms with Crippen molar-refractivity contribution in [3.8, 4) is 0 Å². The minimum Gasteiger partial charge on any atom is -0.356 e. The Morgan fingerprint density at radius 1 is 1.27 bits per heavy atom. The fraction of sp³-hybridized carbons (Fsp3) is 0.650. The third kappa shape index (κ3) is 9.39. The van der Waals surface area contributed by atoms with Gasteiger partial charge in [0.05, 0.1) is 0 Å². The van der Waals surface area contributed by atoms with Crippen LogP contribution in [-0.4, -0.2) is 55.5 Å². The van der Waals surface area contributed by atoms with Crippen LogP contribution in [0.25, 0.3) is 0 Å². The molecule has 0 aliphatic rings. The highest BCUT2D eigenvalue weighted by atomic mass is 16.2. The zero-order valence-electron chi connectivity index (χ0n) is 16.8. The zero-order valence-corrected chi connectivity index (χ0v) is 16.8. The molecule has 1 heterocycles. The number of pyridine rings is 1. The van der Waals surface area contributed by atoms with Gasteiger partial charge < -0.3 is 15.5 Å². The van der Waals surface area contributed by atoms with E-state index in [9.17, 15) is 4.79 Å². The summed E-state index contributed by atoms with van der Waals surface area (Å²) in [6, 6.07) is 5.92. The van der Waals surface area contributed by atoms with Gasteiger partial charge in [-0.2, -0.15) is 0 Å². The summed E-state index contributed by atoms with van der Waals surface area (Å²) in [5.74, 6) is 1.32.